The van der Waals surface area contributed by atoms with Crippen LogP contribution in [0.25, 0.3) is 0 Å². The second-order valence-electron chi connectivity index (χ2n) is 9.53. The third kappa shape index (κ3) is 3.30. The van der Waals surface area contributed by atoms with E-state index in [-0.39, 0.29) is 11.9 Å². The predicted molar refractivity (Wildman–Crippen MR) is 121 cm³/mol. The lowest BCUT2D eigenvalue weighted by atomic mass is 9.97. The Kier molecular flexibility index (Phi) is 4.25. The van der Waals surface area contributed by atoms with Gasteiger partial charge in [-0.15, -0.1) is 0 Å². The Hall–Kier alpha value is -3.42. The minimum atomic E-state index is -0.124. The number of hydrogen-bond acceptors (Lipinski definition) is 6. The molecule has 3 N–H and O–H groups in total. The van der Waals surface area contributed by atoms with Crippen molar-refractivity contribution < 1.29 is 4.79 Å². The first-order valence-electron chi connectivity index (χ1n) is 11.3. The number of nitrogens with one attached hydrogen (secondary N) is 1. The highest BCUT2D eigenvalue weighted by atomic mass is 16.1. The predicted octanol–water partition coefficient (Wildman–Crippen LogP) is 2.63. The lowest BCUT2D eigenvalue weighted by Gasteiger charge is -2.41. The smallest absolute Gasteiger partial charge is 0.254 e. The number of carbonyl (C=O) groups excluding carboxylic acids is 1. The number of aromatic nitrogens is 4. The van der Waals surface area contributed by atoms with Crippen LogP contribution in [-0.4, -0.2) is 38.7 Å². The van der Waals surface area contributed by atoms with Gasteiger partial charge in [0.05, 0.1) is 24.3 Å². The van der Waals surface area contributed by atoms with Gasteiger partial charge in [-0.1, -0.05) is 6.07 Å². The number of fused-ring (bicyclic) bond motifs is 1. The monoisotopic (exact) mass is 429 g/mol. The minimum absolute atomic E-state index is 0.0404. The molecule has 1 atom stereocenters. The molecule has 0 aromatic carbocycles. The van der Waals surface area contributed by atoms with Crippen molar-refractivity contribution in [1.29, 1.82) is 0 Å². The van der Waals surface area contributed by atoms with Gasteiger partial charge < -0.3 is 16.0 Å². The molecule has 1 aliphatic heterocycles. The first kappa shape index (κ1) is 19.3. The number of rotatable bonds is 5. The van der Waals surface area contributed by atoms with Gasteiger partial charge in [0.2, 0.25) is 0 Å². The molecular weight excluding hydrogens is 402 g/mol. The van der Waals surface area contributed by atoms with Gasteiger partial charge in [0, 0.05) is 36.6 Å². The first-order chi connectivity index (χ1) is 15.5. The summed E-state index contributed by atoms with van der Waals surface area (Å²) >= 11 is 0. The number of pyridine rings is 2. The summed E-state index contributed by atoms with van der Waals surface area (Å²) in [7, 11) is 0. The van der Waals surface area contributed by atoms with E-state index >= 15 is 0 Å². The molecule has 1 spiro atoms. The van der Waals surface area contributed by atoms with Crippen LogP contribution in [0, 0.1) is 12.3 Å². The zero-order valence-corrected chi connectivity index (χ0v) is 18.2. The fourth-order valence-corrected chi connectivity index (χ4v) is 5.04. The standard InChI is InChI=1S/C24H27N7O/c1-15-16(2-5-21(28-15)30-13-24(14-30)7-8-24)11-31-12-17(10-27-31)23(32)29-20-4-3-19-18(20)6-9-26-22(19)25/h2,5-6,9-10,12,20H,3-4,7-8,11,13-14H2,1H3,(H2,25,26)(H,29,32)/t20-/m1/s1. The van der Waals surface area contributed by atoms with Crippen molar-refractivity contribution in [2.24, 2.45) is 5.41 Å². The van der Waals surface area contributed by atoms with Gasteiger partial charge >= 0.3 is 0 Å². The number of nitrogens with two attached hydrogens (primary N) is 1. The van der Waals surface area contributed by atoms with Crippen LogP contribution < -0.4 is 16.0 Å². The van der Waals surface area contributed by atoms with Crippen molar-refractivity contribution >= 4 is 17.5 Å². The third-order valence-corrected chi connectivity index (χ3v) is 7.23. The number of aryl methyl sites for hydroxylation is 1. The maximum Gasteiger partial charge on any atom is 0.254 e. The normalized spacial score (nSPS) is 20.2. The Morgan fingerprint density at radius 1 is 1.28 bits per heavy atom. The van der Waals surface area contributed by atoms with E-state index in [1.807, 2.05) is 13.0 Å². The molecule has 1 amide bonds. The zero-order chi connectivity index (χ0) is 21.9. The fraction of sp³-hybridized carbons (Fsp3) is 0.417. The highest BCUT2D eigenvalue weighted by molar-refractivity contribution is 5.94. The Bertz CT molecular complexity index is 1200. The second-order valence-corrected chi connectivity index (χ2v) is 9.53. The topological polar surface area (TPSA) is 102 Å². The summed E-state index contributed by atoms with van der Waals surface area (Å²) < 4.78 is 1.80. The van der Waals surface area contributed by atoms with E-state index in [0.717, 1.165) is 54.1 Å². The quantitative estimate of drug-likeness (QED) is 0.646. The molecule has 1 saturated heterocycles. The van der Waals surface area contributed by atoms with Crippen molar-refractivity contribution in [3.63, 3.8) is 0 Å². The lowest BCUT2D eigenvalue weighted by molar-refractivity contribution is 0.0936. The minimum Gasteiger partial charge on any atom is -0.383 e. The fourth-order valence-electron chi connectivity index (χ4n) is 5.04. The van der Waals surface area contributed by atoms with Gasteiger partial charge in [0.25, 0.3) is 5.91 Å². The van der Waals surface area contributed by atoms with Crippen LogP contribution >= 0.6 is 0 Å². The Morgan fingerprint density at radius 2 is 2.12 bits per heavy atom. The highest BCUT2D eigenvalue weighted by Gasteiger charge is 2.52. The van der Waals surface area contributed by atoms with Crippen molar-refractivity contribution in [2.75, 3.05) is 23.7 Å². The summed E-state index contributed by atoms with van der Waals surface area (Å²) in [5.41, 5.74) is 11.4. The Morgan fingerprint density at radius 3 is 2.91 bits per heavy atom. The molecule has 2 aliphatic carbocycles. The van der Waals surface area contributed by atoms with Gasteiger partial charge in [0.15, 0.2) is 0 Å². The molecular formula is C24H27N7O. The number of nitrogens with zero attached hydrogens (tertiary/aromatic N) is 5. The van der Waals surface area contributed by atoms with E-state index < -0.39 is 0 Å². The molecule has 3 aromatic heterocycles. The Labute approximate surface area is 186 Å². The van der Waals surface area contributed by atoms with Crippen LogP contribution in [0.3, 0.4) is 0 Å². The zero-order valence-electron chi connectivity index (χ0n) is 18.2. The van der Waals surface area contributed by atoms with Crippen LogP contribution in [0.15, 0.2) is 36.8 Å². The van der Waals surface area contributed by atoms with E-state index in [1.165, 1.54) is 12.8 Å². The molecule has 1 saturated carbocycles. The van der Waals surface area contributed by atoms with Crippen molar-refractivity contribution in [1.82, 2.24) is 25.1 Å². The molecule has 0 unspecified atom stereocenters. The number of hydrogen-bond donors (Lipinski definition) is 2. The molecule has 3 aromatic rings. The summed E-state index contributed by atoms with van der Waals surface area (Å²) in [6.07, 6.45) is 9.53. The third-order valence-electron chi connectivity index (χ3n) is 7.23. The molecule has 8 heteroatoms. The van der Waals surface area contributed by atoms with Gasteiger partial charge in [-0.2, -0.15) is 5.10 Å². The summed E-state index contributed by atoms with van der Waals surface area (Å²) in [5, 5.41) is 7.52. The van der Waals surface area contributed by atoms with Crippen LogP contribution in [-0.2, 0) is 13.0 Å². The number of anilines is 2. The summed E-state index contributed by atoms with van der Waals surface area (Å²) in [6.45, 7) is 4.92. The van der Waals surface area contributed by atoms with Crippen LogP contribution in [0.4, 0.5) is 11.6 Å². The summed E-state index contributed by atoms with van der Waals surface area (Å²) in [4.78, 5) is 24.1. The maximum absolute atomic E-state index is 12.8. The van der Waals surface area contributed by atoms with E-state index in [0.29, 0.717) is 23.3 Å². The first-order valence-corrected chi connectivity index (χ1v) is 11.3. The maximum atomic E-state index is 12.8. The average Bonchev–Trinajstić information content (AvgIpc) is 3.25. The SMILES string of the molecule is Cc1nc(N2CC3(CC3)C2)ccc1Cn1cc(C(=O)N[C@@H]2CCc3c2ccnc3N)cn1. The highest BCUT2D eigenvalue weighted by Crippen LogP contribution is 2.53. The van der Waals surface area contributed by atoms with Crippen molar-refractivity contribution in [3.8, 4) is 0 Å². The molecule has 2 fully saturated rings. The summed E-state index contributed by atoms with van der Waals surface area (Å²) in [5.74, 6) is 1.50. The molecule has 3 aliphatic rings. The van der Waals surface area contributed by atoms with Crippen molar-refractivity contribution in [3.05, 3.63) is 64.7 Å². The molecule has 32 heavy (non-hydrogen) atoms. The Balaban J connectivity index is 1.11. The molecule has 6 rings (SSSR count). The number of nitrogen functional groups attached to an aromatic ring is 1. The van der Waals surface area contributed by atoms with Gasteiger partial charge in [-0.3, -0.25) is 9.48 Å². The van der Waals surface area contributed by atoms with Crippen LogP contribution in [0.1, 0.15) is 58.0 Å². The molecule has 164 valence electrons. The van der Waals surface area contributed by atoms with E-state index in [9.17, 15) is 4.79 Å². The van der Waals surface area contributed by atoms with E-state index in [2.05, 4.69) is 32.4 Å². The number of carbonyl (C=O) groups is 1. The van der Waals surface area contributed by atoms with E-state index in [4.69, 9.17) is 10.7 Å². The summed E-state index contributed by atoms with van der Waals surface area (Å²) in [6, 6.07) is 6.14. The molecule has 0 radical (unpaired) electrons. The van der Waals surface area contributed by atoms with Crippen LogP contribution in [0.5, 0.6) is 0 Å². The number of amides is 1. The largest absolute Gasteiger partial charge is 0.383 e. The lowest BCUT2D eigenvalue weighted by Crippen LogP contribution is -2.48. The van der Waals surface area contributed by atoms with Gasteiger partial charge in [-0.05, 0) is 61.4 Å². The van der Waals surface area contributed by atoms with Crippen LogP contribution in [0.2, 0.25) is 0 Å². The van der Waals surface area contributed by atoms with Gasteiger partial charge in [0.1, 0.15) is 11.6 Å². The molecule has 4 heterocycles. The second kappa shape index (κ2) is 7.05. The molecule has 0 bridgehead atoms. The van der Waals surface area contributed by atoms with Gasteiger partial charge in [-0.25, -0.2) is 9.97 Å². The van der Waals surface area contributed by atoms with E-state index in [1.54, 1.807) is 23.3 Å². The van der Waals surface area contributed by atoms with Crippen molar-refractivity contribution in [2.45, 2.75) is 45.2 Å². The molecule has 8 nitrogen and oxygen atoms in total. The average molecular weight is 430 g/mol.